The number of halogens is 1. The molecule has 0 amide bonds. The molecule has 0 radical (unpaired) electrons. The fraction of sp³-hybridized carbons (Fsp3) is 0.583. The third-order valence-electron chi connectivity index (χ3n) is 2.37. The maximum atomic E-state index is 5.77. The molecule has 1 heterocycles. The van der Waals surface area contributed by atoms with Crippen molar-refractivity contribution in [1.82, 2.24) is 4.98 Å². The second kappa shape index (κ2) is 7.49. The van der Waals surface area contributed by atoms with Crippen LogP contribution < -0.4 is 10.5 Å². The van der Waals surface area contributed by atoms with Crippen molar-refractivity contribution in [2.45, 2.75) is 39.0 Å². The molecule has 0 fully saturated rings. The first-order valence-corrected chi connectivity index (χ1v) is 6.56. The van der Waals surface area contributed by atoms with Gasteiger partial charge < -0.3 is 10.5 Å². The van der Waals surface area contributed by atoms with Gasteiger partial charge in [-0.3, -0.25) is 4.98 Å². The summed E-state index contributed by atoms with van der Waals surface area (Å²) >= 11 is 3.37. The number of ether oxygens (including phenoxy) is 1. The molecule has 4 heteroatoms. The van der Waals surface area contributed by atoms with E-state index in [1.807, 2.05) is 0 Å². The smallest absolute Gasteiger partial charge is 0.159 e. The lowest BCUT2D eigenvalue weighted by Crippen LogP contribution is -2.01. The molecular formula is C12H19BrN2O. The summed E-state index contributed by atoms with van der Waals surface area (Å²) in [4.78, 5) is 3.96. The Morgan fingerprint density at radius 2 is 2.00 bits per heavy atom. The quantitative estimate of drug-likeness (QED) is 0.776. The minimum atomic E-state index is 0.586. The zero-order valence-corrected chi connectivity index (χ0v) is 11.3. The fourth-order valence-corrected chi connectivity index (χ4v) is 1.93. The maximum Gasteiger partial charge on any atom is 0.159 e. The Morgan fingerprint density at radius 1 is 1.25 bits per heavy atom. The zero-order chi connectivity index (χ0) is 11.8. The predicted molar refractivity (Wildman–Crippen MR) is 70.6 cm³/mol. The van der Waals surface area contributed by atoms with Gasteiger partial charge in [0.1, 0.15) is 0 Å². The summed E-state index contributed by atoms with van der Waals surface area (Å²) in [6.07, 6.45) is 9.46. The lowest BCUT2D eigenvalue weighted by molar-refractivity contribution is 0.304. The van der Waals surface area contributed by atoms with E-state index in [0.717, 1.165) is 17.5 Å². The molecule has 2 N–H and O–H groups in total. The third kappa shape index (κ3) is 4.39. The number of nitrogens with two attached hydrogens (primary N) is 1. The van der Waals surface area contributed by atoms with Crippen molar-refractivity contribution >= 4 is 21.6 Å². The molecule has 0 bridgehead atoms. The van der Waals surface area contributed by atoms with E-state index in [9.17, 15) is 0 Å². The number of aromatic nitrogens is 1. The van der Waals surface area contributed by atoms with Gasteiger partial charge in [0, 0.05) is 6.20 Å². The van der Waals surface area contributed by atoms with Gasteiger partial charge in [0.05, 0.1) is 23.0 Å². The number of pyridine rings is 1. The Kier molecular flexibility index (Phi) is 6.23. The normalized spacial score (nSPS) is 10.4. The van der Waals surface area contributed by atoms with E-state index in [1.54, 1.807) is 12.4 Å². The van der Waals surface area contributed by atoms with Crippen LogP contribution in [0.25, 0.3) is 0 Å². The summed E-state index contributed by atoms with van der Waals surface area (Å²) in [5.74, 6) is 0.713. The van der Waals surface area contributed by atoms with E-state index in [-0.39, 0.29) is 0 Å². The molecule has 0 aliphatic heterocycles. The molecule has 90 valence electrons. The fourth-order valence-electron chi connectivity index (χ4n) is 1.47. The highest BCUT2D eigenvalue weighted by molar-refractivity contribution is 9.10. The molecule has 0 atom stereocenters. The lowest BCUT2D eigenvalue weighted by Gasteiger charge is -2.09. The minimum Gasteiger partial charge on any atom is -0.490 e. The molecule has 0 saturated carbocycles. The van der Waals surface area contributed by atoms with Crippen LogP contribution in [0.4, 0.5) is 5.69 Å². The highest BCUT2D eigenvalue weighted by atomic mass is 79.9. The Labute approximate surface area is 106 Å². The largest absolute Gasteiger partial charge is 0.490 e. The van der Waals surface area contributed by atoms with Crippen LogP contribution in [0.1, 0.15) is 39.0 Å². The lowest BCUT2D eigenvalue weighted by atomic mass is 10.2. The molecule has 0 aromatic carbocycles. The molecular weight excluding hydrogens is 268 g/mol. The Balaban J connectivity index is 2.26. The zero-order valence-electron chi connectivity index (χ0n) is 9.71. The highest BCUT2D eigenvalue weighted by Crippen LogP contribution is 2.29. The van der Waals surface area contributed by atoms with E-state index in [0.29, 0.717) is 11.4 Å². The Bertz CT molecular complexity index is 298. The summed E-state index contributed by atoms with van der Waals surface area (Å²) in [5, 5.41) is 0. The molecule has 1 aromatic rings. The molecule has 16 heavy (non-hydrogen) atoms. The van der Waals surface area contributed by atoms with E-state index in [2.05, 4.69) is 27.8 Å². The number of nitrogens with zero attached hydrogens (tertiary/aromatic N) is 1. The van der Waals surface area contributed by atoms with E-state index >= 15 is 0 Å². The van der Waals surface area contributed by atoms with Crippen LogP contribution in [-0.4, -0.2) is 11.6 Å². The monoisotopic (exact) mass is 286 g/mol. The molecule has 0 saturated heterocycles. The van der Waals surface area contributed by atoms with Crippen molar-refractivity contribution in [3.05, 3.63) is 16.9 Å². The number of unbranched alkanes of at least 4 members (excludes halogenated alkanes) is 4. The van der Waals surface area contributed by atoms with Crippen molar-refractivity contribution in [2.24, 2.45) is 0 Å². The number of hydrogen-bond donors (Lipinski definition) is 1. The Morgan fingerprint density at radius 3 is 2.69 bits per heavy atom. The summed E-state index contributed by atoms with van der Waals surface area (Å²) in [5.41, 5.74) is 6.35. The van der Waals surface area contributed by atoms with Crippen molar-refractivity contribution < 1.29 is 4.74 Å². The third-order valence-corrected chi connectivity index (χ3v) is 2.94. The second-order valence-corrected chi connectivity index (χ2v) is 4.66. The highest BCUT2D eigenvalue weighted by Gasteiger charge is 2.05. The first-order valence-electron chi connectivity index (χ1n) is 5.77. The van der Waals surface area contributed by atoms with E-state index in [4.69, 9.17) is 10.5 Å². The standard InChI is InChI=1S/C12H19BrN2O/c1-2-3-4-5-6-7-16-12-10(13)8-15-9-11(12)14/h8-9H,2-7,14H2,1H3. The van der Waals surface area contributed by atoms with Gasteiger partial charge in [-0.05, 0) is 22.4 Å². The summed E-state index contributed by atoms with van der Waals surface area (Å²) in [7, 11) is 0. The van der Waals surface area contributed by atoms with Gasteiger partial charge in [-0.15, -0.1) is 0 Å². The average Bonchev–Trinajstić information content (AvgIpc) is 2.26. The Hall–Kier alpha value is -0.770. The number of anilines is 1. The van der Waals surface area contributed by atoms with Crippen LogP contribution in [0.3, 0.4) is 0 Å². The average molecular weight is 287 g/mol. The SMILES string of the molecule is CCCCCCCOc1c(N)cncc1Br. The van der Waals surface area contributed by atoms with Gasteiger partial charge in [0.15, 0.2) is 5.75 Å². The molecule has 3 nitrogen and oxygen atoms in total. The molecule has 0 spiro atoms. The van der Waals surface area contributed by atoms with Crippen LogP contribution in [0, 0.1) is 0 Å². The van der Waals surface area contributed by atoms with Crippen molar-refractivity contribution in [2.75, 3.05) is 12.3 Å². The molecule has 0 aliphatic carbocycles. The van der Waals surface area contributed by atoms with Gasteiger partial charge >= 0.3 is 0 Å². The van der Waals surface area contributed by atoms with Gasteiger partial charge in [0.25, 0.3) is 0 Å². The van der Waals surface area contributed by atoms with Crippen LogP contribution >= 0.6 is 15.9 Å². The minimum absolute atomic E-state index is 0.586. The molecule has 1 aromatic heterocycles. The summed E-state index contributed by atoms with van der Waals surface area (Å²) in [6.45, 7) is 2.93. The van der Waals surface area contributed by atoms with Gasteiger partial charge in [-0.25, -0.2) is 0 Å². The van der Waals surface area contributed by atoms with Crippen LogP contribution in [0.2, 0.25) is 0 Å². The van der Waals surface area contributed by atoms with Crippen LogP contribution in [0.15, 0.2) is 16.9 Å². The van der Waals surface area contributed by atoms with Crippen LogP contribution in [-0.2, 0) is 0 Å². The van der Waals surface area contributed by atoms with Crippen molar-refractivity contribution in [3.8, 4) is 5.75 Å². The van der Waals surface area contributed by atoms with Gasteiger partial charge in [-0.2, -0.15) is 0 Å². The first kappa shape index (κ1) is 13.3. The molecule has 1 rings (SSSR count). The number of nitrogen functional groups attached to an aromatic ring is 1. The number of rotatable bonds is 7. The first-order chi connectivity index (χ1) is 7.75. The van der Waals surface area contributed by atoms with E-state index < -0.39 is 0 Å². The van der Waals surface area contributed by atoms with Crippen molar-refractivity contribution in [3.63, 3.8) is 0 Å². The van der Waals surface area contributed by atoms with Gasteiger partial charge in [-0.1, -0.05) is 32.6 Å². The maximum absolute atomic E-state index is 5.77. The van der Waals surface area contributed by atoms with E-state index in [1.165, 1.54) is 25.7 Å². The van der Waals surface area contributed by atoms with Crippen molar-refractivity contribution in [1.29, 1.82) is 0 Å². The second-order valence-electron chi connectivity index (χ2n) is 3.80. The van der Waals surface area contributed by atoms with Gasteiger partial charge in [0.2, 0.25) is 0 Å². The topological polar surface area (TPSA) is 48.1 Å². The predicted octanol–water partition coefficient (Wildman–Crippen LogP) is 3.78. The number of hydrogen-bond acceptors (Lipinski definition) is 3. The molecule has 0 aliphatic rings. The summed E-state index contributed by atoms with van der Waals surface area (Å²) in [6, 6.07) is 0. The molecule has 0 unspecified atom stereocenters. The van der Waals surface area contributed by atoms with Crippen LogP contribution in [0.5, 0.6) is 5.75 Å². The summed E-state index contributed by atoms with van der Waals surface area (Å²) < 4.78 is 6.46.